The van der Waals surface area contributed by atoms with Crippen LogP contribution in [0.15, 0.2) is 30.6 Å². The van der Waals surface area contributed by atoms with Crippen molar-refractivity contribution in [2.75, 3.05) is 11.9 Å². The van der Waals surface area contributed by atoms with Gasteiger partial charge in [-0.15, -0.1) is 0 Å². The van der Waals surface area contributed by atoms with Crippen molar-refractivity contribution in [1.29, 1.82) is 0 Å². The smallest absolute Gasteiger partial charge is 0.342 e. The number of aryl methyl sites for hydroxylation is 1. The Labute approximate surface area is 120 Å². The summed E-state index contributed by atoms with van der Waals surface area (Å²) in [5.41, 5.74) is -0.569. The van der Waals surface area contributed by atoms with E-state index >= 15 is 0 Å². The van der Waals surface area contributed by atoms with Crippen LogP contribution in [0.2, 0.25) is 0 Å². The van der Waals surface area contributed by atoms with Crippen molar-refractivity contribution >= 4 is 17.3 Å². The number of imidazole rings is 1. The predicted molar refractivity (Wildman–Crippen MR) is 75.5 cm³/mol. The summed E-state index contributed by atoms with van der Waals surface area (Å²) in [6, 6.07) is 4.17. The number of aromatic nitrogens is 2. The first-order valence-corrected chi connectivity index (χ1v) is 6.21. The Kier molecular flexibility index (Phi) is 4.17. The minimum atomic E-state index is -1.32. The molecular formula is C13H14N4O4. The number of carboxylic acids is 1. The second kappa shape index (κ2) is 6.04. The van der Waals surface area contributed by atoms with Gasteiger partial charge in [0.1, 0.15) is 17.1 Å². The van der Waals surface area contributed by atoms with E-state index in [0.29, 0.717) is 13.0 Å². The maximum atomic E-state index is 11.1. The number of hydrogen-bond acceptors (Lipinski definition) is 5. The second-order valence-electron chi connectivity index (χ2n) is 4.40. The number of carboxylic acid groups (broad SMARTS) is 1. The van der Waals surface area contributed by atoms with Crippen LogP contribution in [-0.2, 0) is 13.5 Å². The molecule has 0 saturated heterocycles. The molecule has 1 aromatic carbocycles. The molecule has 0 atom stereocenters. The van der Waals surface area contributed by atoms with Crippen LogP contribution in [0.5, 0.6) is 0 Å². The number of carbonyl (C=O) groups is 1. The Morgan fingerprint density at radius 1 is 1.52 bits per heavy atom. The number of para-hydroxylation sites is 1. The molecule has 110 valence electrons. The SMILES string of the molecule is Cn1ccnc1CCNc1cccc(C(=O)O)c1[N+](=O)[O-]. The monoisotopic (exact) mass is 290 g/mol. The minimum absolute atomic E-state index is 0.189. The largest absolute Gasteiger partial charge is 0.477 e. The molecule has 0 amide bonds. The van der Waals surface area contributed by atoms with Gasteiger partial charge in [-0.05, 0) is 12.1 Å². The van der Waals surface area contributed by atoms with Gasteiger partial charge < -0.3 is 15.0 Å². The summed E-state index contributed by atoms with van der Waals surface area (Å²) >= 11 is 0. The molecule has 2 aromatic rings. The zero-order chi connectivity index (χ0) is 15.4. The highest BCUT2D eigenvalue weighted by molar-refractivity contribution is 5.95. The molecule has 8 heteroatoms. The van der Waals surface area contributed by atoms with Crippen LogP contribution in [0, 0.1) is 10.1 Å². The van der Waals surface area contributed by atoms with Crippen LogP contribution < -0.4 is 5.32 Å². The van der Waals surface area contributed by atoms with Crippen LogP contribution in [0.1, 0.15) is 16.2 Å². The molecule has 0 aliphatic carbocycles. The van der Waals surface area contributed by atoms with Crippen LogP contribution in [0.25, 0.3) is 0 Å². The van der Waals surface area contributed by atoms with E-state index in [0.717, 1.165) is 5.82 Å². The number of rotatable bonds is 6. The number of nitro benzene ring substituents is 1. The zero-order valence-corrected chi connectivity index (χ0v) is 11.3. The van der Waals surface area contributed by atoms with E-state index in [1.165, 1.54) is 18.2 Å². The van der Waals surface area contributed by atoms with E-state index in [9.17, 15) is 14.9 Å². The maximum Gasteiger partial charge on any atom is 0.342 e. The zero-order valence-electron chi connectivity index (χ0n) is 11.3. The Morgan fingerprint density at radius 2 is 2.29 bits per heavy atom. The molecule has 2 N–H and O–H groups in total. The van der Waals surface area contributed by atoms with Crippen molar-refractivity contribution in [3.63, 3.8) is 0 Å². The van der Waals surface area contributed by atoms with Crippen molar-refractivity contribution in [3.8, 4) is 0 Å². The third kappa shape index (κ3) is 3.16. The molecule has 0 radical (unpaired) electrons. The lowest BCUT2D eigenvalue weighted by molar-refractivity contribution is -0.384. The summed E-state index contributed by atoms with van der Waals surface area (Å²) in [7, 11) is 1.86. The Morgan fingerprint density at radius 3 is 2.86 bits per heavy atom. The summed E-state index contributed by atoms with van der Waals surface area (Å²) in [6.45, 7) is 0.411. The summed E-state index contributed by atoms with van der Waals surface area (Å²) in [5.74, 6) is -0.492. The van der Waals surface area contributed by atoms with Crippen molar-refractivity contribution in [3.05, 3.63) is 52.1 Å². The average Bonchev–Trinajstić information content (AvgIpc) is 2.84. The van der Waals surface area contributed by atoms with E-state index in [-0.39, 0.29) is 11.3 Å². The predicted octanol–water partition coefficient (Wildman–Crippen LogP) is 1.68. The highest BCUT2D eigenvalue weighted by atomic mass is 16.6. The third-order valence-electron chi connectivity index (χ3n) is 3.03. The molecule has 0 aliphatic rings. The standard InChI is InChI=1S/C13H14N4O4/c1-16-8-7-15-11(16)5-6-14-10-4-2-3-9(13(18)19)12(10)17(20)21/h2-4,7-8,14H,5-6H2,1H3,(H,18,19). The number of nitrogens with zero attached hydrogens (tertiary/aromatic N) is 3. The highest BCUT2D eigenvalue weighted by Gasteiger charge is 2.23. The average molecular weight is 290 g/mol. The Bertz CT molecular complexity index is 681. The van der Waals surface area contributed by atoms with Gasteiger partial charge in [-0.3, -0.25) is 10.1 Å². The molecular weight excluding hydrogens is 276 g/mol. The first-order valence-electron chi connectivity index (χ1n) is 6.21. The lowest BCUT2D eigenvalue weighted by Gasteiger charge is -2.08. The second-order valence-corrected chi connectivity index (χ2v) is 4.40. The number of anilines is 1. The van der Waals surface area contributed by atoms with Gasteiger partial charge in [-0.2, -0.15) is 0 Å². The van der Waals surface area contributed by atoms with Gasteiger partial charge in [0.15, 0.2) is 0 Å². The molecule has 0 aliphatic heterocycles. The van der Waals surface area contributed by atoms with E-state index in [2.05, 4.69) is 10.3 Å². The normalized spacial score (nSPS) is 10.3. The van der Waals surface area contributed by atoms with E-state index in [1.54, 1.807) is 6.20 Å². The Balaban J connectivity index is 2.16. The summed E-state index contributed by atoms with van der Waals surface area (Å²) in [6.07, 6.45) is 4.05. The van der Waals surface area contributed by atoms with Crippen molar-refractivity contribution < 1.29 is 14.8 Å². The number of nitro groups is 1. The van der Waals surface area contributed by atoms with Gasteiger partial charge in [-0.1, -0.05) is 6.07 Å². The fourth-order valence-electron chi connectivity index (χ4n) is 2.00. The number of hydrogen-bond donors (Lipinski definition) is 2. The first-order chi connectivity index (χ1) is 10.0. The highest BCUT2D eigenvalue weighted by Crippen LogP contribution is 2.28. The van der Waals surface area contributed by atoms with Gasteiger partial charge in [0.05, 0.1) is 4.92 Å². The van der Waals surface area contributed by atoms with Gasteiger partial charge in [-0.25, -0.2) is 9.78 Å². The van der Waals surface area contributed by atoms with Crippen molar-refractivity contribution in [1.82, 2.24) is 9.55 Å². The fourth-order valence-corrected chi connectivity index (χ4v) is 2.00. The summed E-state index contributed by atoms with van der Waals surface area (Å²) in [5, 5.41) is 23.0. The molecule has 21 heavy (non-hydrogen) atoms. The summed E-state index contributed by atoms with van der Waals surface area (Å²) in [4.78, 5) is 25.6. The lowest BCUT2D eigenvalue weighted by atomic mass is 10.1. The summed E-state index contributed by atoms with van der Waals surface area (Å²) < 4.78 is 1.85. The van der Waals surface area contributed by atoms with Crippen molar-refractivity contribution in [2.45, 2.75) is 6.42 Å². The number of benzene rings is 1. The first kappa shape index (κ1) is 14.5. The van der Waals surface area contributed by atoms with Crippen LogP contribution >= 0.6 is 0 Å². The van der Waals surface area contributed by atoms with Gasteiger partial charge in [0, 0.05) is 32.4 Å². The topological polar surface area (TPSA) is 110 Å². The van der Waals surface area contributed by atoms with E-state index in [1.807, 2.05) is 17.8 Å². The molecule has 0 saturated carbocycles. The maximum absolute atomic E-state index is 11.1. The van der Waals surface area contributed by atoms with Crippen molar-refractivity contribution in [2.24, 2.45) is 7.05 Å². The number of nitrogens with one attached hydrogen (secondary N) is 1. The van der Waals surface area contributed by atoms with E-state index < -0.39 is 16.6 Å². The molecule has 1 heterocycles. The molecule has 0 bridgehead atoms. The van der Waals surface area contributed by atoms with Gasteiger partial charge in [0.25, 0.3) is 0 Å². The van der Waals surface area contributed by atoms with Gasteiger partial charge in [0.2, 0.25) is 0 Å². The van der Waals surface area contributed by atoms with Gasteiger partial charge >= 0.3 is 11.7 Å². The molecule has 0 unspecified atom stereocenters. The van der Waals surface area contributed by atoms with E-state index in [4.69, 9.17) is 5.11 Å². The number of aromatic carboxylic acids is 1. The lowest BCUT2D eigenvalue weighted by Crippen LogP contribution is -2.11. The van der Waals surface area contributed by atoms with Crippen LogP contribution in [0.3, 0.4) is 0 Å². The van der Waals surface area contributed by atoms with Crippen LogP contribution in [0.4, 0.5) is 11.4 Å². The quantitative estimate of drug-likeness (QED) is 0.618. The van der Waals surface area contributed by atoms with Crippen LogP contribution in [-0.4, -0.2) is 32.1 Å². The molecule has 1 aromatic heterocycles. The minimum Gasteiger partial charge on any atom is -0.477 e. The molecule has 8 nitrogen and oxygen atoms in total. The molecule has 2 rings (SSSR count). The molecule has 0 spiro atoms. The fraction of sp³-hybridized carbons (Fsp3) is 0.231. The molecule has 0 fully saturated rings. The Hall–Kier alpha value is -2.90. The third-order valence-corrected chi connectivity index (χ3v) is 3.03.